The first-order chi connectivity index (χ1) is 8.04. The average molecular weight is 238 g/mol. The topological polar surface area (TPSA) is 73.1 Å². The first kappa shape index (κ1) is 13.7. The molecule has 0 radical (unpaired) electrons. The smallest absolute Gasteiger partial charge is 0.222 e. The molecule has 1 rings (SSSR count). The third-order valence-corrected chi connectivity index (χ3v) is 2.57. The van der Waals surface area contributed by atoms with Gasteiger partial charge in [0.15, 0.2) is 0 Å². The van der Waals surface area contributed by atoms with Gasteiger partial charge in [0.25, 0.3) is 0 Å². The lowest BCUT2D eigenvalue weighted by Crippen LogP contribution is -2.21. The predicted molar refractivity (Wildman–Crippen MR) is 70.1 cm³/mol. The van der Waals surface area contributed by atoms with Crippen molar-refractivity contribution < 1.29 is 4.74 Å². The summed E-state index contributed by atoms with van der Waals surface area (Å²) in [6.45, 7) is 9.54. The van der Waals surface area contributed by atoms with Crippen molar-refractivity contribution in [2.24, 2.45) is 0 Å². The molecule has 5 nitrogen and oxygen atoms in total. The lowest BCUT2D eigenvalue weighted by molar-refractivity contribution is 0.0752. The quantitative estimate of drug-likeness (QED) is 0.792. The second-order valence-electron chi connectivity index (χ2n) is 4.20. The average Bonchev–Trinajstić information content (AvgIpc) is 2.29. The summed E-state index contributed by atoms with van der Waals surface area (Å²) in [5.41, 5.74) is 7.56. The lowest BCUT2D eigenvalue weighted by Gasteiger charge is -2.15. The number of nitrogens with one attached hydrogen (secondary N) is 1. The molecule has 0 aromatic carbocycles. The highest BCUT2D eigenvalue weighted by atomic mass is 16.5. The van der Waals surface area contributed by atoms with Crippen LogP contribution in [0.4, 0.5) is 11.8 Å². The van der Waals surface area contributed by atoms with Gasteiger partial charge in [-0.2, -0.15) is 4.98 Å². The molecule has 1 heterocycles. The van der Waals surface area contributed by atoms with Crippen molar-refractivity contribution in [3.8, 4) is 0 Å². The van der Waals surface area contributed by atoms with Crippen molar-refractivity contribution in [1.82, 2.24) is 9.97 Å². The summed E-state index contributed by atoms with van der Waals surface area (Å²) in [6.07, 6.45) is 1.19. The van der Waals surface area contributed by atoms with Gasteiger partial charge < -0.3 is 15.8 Å². The van der Waals surface area contributed by atoms with Crippen LogP contribution in [-0.4, -0.2) is 29.2 Å². The van der Waals surface area contributed by atoms with E-state index in [1.54, 1.807) is 0 Å². The van der Waals surface area contributed by atoms with Gasteiger partial charge in [0.1, 0.15) is 5.82 Å². The van der Waals surface area contributed by atoms with E-state index in [0.29, 0.717) is 5.95 Å². The zero-order chi connectivity index (χ0) is 12.8. The van der Waals surface area contributed by atoms with Crippen LogP contribution in [-0.2, 0) is 4.74 Å². The number of hydrogen-bond acceptors (Lipinski definition) is 5. The molecule has 1 aromatic heterocycles. The second kappa shape index (κ2) is 6.39. The Kier molecular flexibility index (Phi) is 5.15. The molecule has 96 valence electrons. The van der Waals surface area contributed by atoms with Crippen molar-refractivity contribution in [1.29, 1.82) is 0 Å². The largest absolute Gasteiger partial charge is 0.377 e. The Morgan fingerprint density at radius 1 is 1.35 bits per heavy atom. The fraction of sp³-hybridized carbons (Fsp3) is 0.667. The molecule has 0 spiro atoms. The Morgan fingerprint density at radius 2 is 2.06 bits per heavy atom. The van der Waals surface area contributed by atoms with E-state index in [-0.39, 0.29) is 6.10 Å². The number of nitrogen functional groups attached to an aromatic ring is 1. The van der Waals surface area contributed by atoms with Crippen molar-refractivity contribution in [2.45, 2.75) is 40.2 Å². The molecule has 1 aromatic rings. The summed E-state index contributed by atoms with van der Waals surface area (Å²) in [5.74, 6) is 1.10. The standard InChI is InChI=1S/C12H22N4O/c1-5-6-17-8(2)7-14-11-9(3)10(4)15-12(13)16-11/h8H,5-7H2,1-4H3,(H3,13,14,15,16). The molecule has 1 unspecified atom stereocenters. The molecular formula is C12H22N4O. The Labute approximate surface area is 103 Å². The van der Waals surface area contributed by atoms with Crippen LogP contribution in [0.3, 0.4) is 0 Å². The molecule has 0 aliphatic carbocycles. The van der Waals surface area contributed by atoms with Gasteiger partial charge in [0.05, 0.1) is 6.10 Å². The van der Waals surface area contributed by atoms with Crippen LogP contribution in [0.25, 0.3) is 0 Å². The van der Waals surface area contributed by atoms with Gasteiger partial charge in [0, 0.05) is 24.4 Å². The maximum Gasteiger partial charge on any atom is 0.222 e. The number of nitrogens with two attached hydrogens (primary N) is 1. The van der Waals surface area contributed by atoms with Crippen LogP contribution in [0.5, 0.6) is 0 Å². The summed E-state index contributed by atoms with van der Waals surface area (Å²) in [4.78, 5) is 8.29. The summed E-state index contributed by atoms with van der Waals surface area (Å²) in [5, 5.41) is 3.25. The van der Waals surface area contributed by atoms with E-state index in [2.05, 4.69) is 22.2 Å². The number of hydrogen-bond donors (Lipinski definition) is 2. The Hall–Kier alpha value is -1.36. The predicted octanol–water partition coefficient (Wildman–Crippen LogP) is 1.90. The third kappa shape index (κ3) is 4.19. The summed E-state index contributed by atoms with van der Waals surface area (Å²) < 4.78 is 5.58. The van der Waals surface area contributed by atoms with Gasteiger partial charge in [-0.25, -0.2) is 4.98 Å². The molecule has 5 heteroatoms. The van der Waals surface area contributed by atoms with Crippen molar-refractivity contribution in [3.63, 3.8) is 0 Å². The lowest BCUT2D eigenvalue weighted by atomic mass is 10.2. The molecule has 0 saturated heterocycles. The fourth-order valence-electron chi connectivity index (χ4n) is 1.44. The normalized spacial score (nSPS) is 12.5. The highest BCUT2D eigenvalue weighted by Crippen LogP contribution is 2.15. The van der Waals surface area contributed by atoms with E-state index >= 15 is 0 Å². The van der Waals surface area contributed by atoms with Crippen molar-refractivity contribution in [3.05, 3.63) is 11.3 Å². The fourth-order valence-corrected chi connectivity index (χ4v) is 1.44. The Bertz CT molecular complexity index is 368. The van der Waals surface area contributed by atoms with Gasteiger partial charge in [0.2, 0.25) is 5.95 Å². The molecule has 0 bridgehead atoms. The van der Waals surface area contributed by atoms with E-state index in [1.165, 1.54) is 0 Å². The number of anilines is 2. The number of aryl methyl sites for hydroxylation is 1. The molecule has 0 saturated carbocycles. The number of aromatic nitrogens is 2. The summed E-state index contributed by atoms with van der Waals surface area (Å²) in [7, 11) is 0. The van der Waals surface area contributed by atoms with E-state index in [1.807, 2.05) is 20.8 Å². The van der Waals surface area contributed by atoms with Crippen molar-refractivity contribution >= 4 is 11.8 Å². The molecule has 3 N–H and O–H groups in total. The van der Waals surface area contributed by atoms with Crippen LogP contribution >= 0.6 is 0 Å². The van der Waals surface area contributed by atoms with Crippen molar-refractivity contribution in [2.75, 3.05) is 24.2 Å². The summed E-state index contributed by atoms with van der Waals surface area (Å²) >= 11 is 0. The number of rotatable bonds is 6. The molecule has 0 aliphatic rings. The molecule has 1 atom stereocenters. The molecule has 17 heavy (non-hydrogen) atoms. The first-order valence-electron chi connectivity index (χ1n) is 6.00. The zero-order valence-electron chi connectivity index (χ0n) is 11.1. The Morgan fingerprint density at radius 3 is 2.71 bits per heavy atom. The Balaban J connectivity index is 2.57. The molecule has 0 fully saturated rings. The monoisotopic (exact) mass is 238 g/mol. The van der Waals surface area contributed by atoms with Gasteiger partial charge >= 0.3 is 0 Å². The first-order valence-corrected chi connectivity index (χ1v) is 6.00. The minimum atomic E-state index is 0.158. The van der Waals surface area contributed by atoms with Gasteiger partial charge in [-0.15, -0.1) is 0 Å². The van der Waals surface area contributed by atoms with Gasteiger partial charge in [-0.05, 0) is 27.2 Å². The zero-order valence-corrected chi connectivity index (χ0v) is 11.1. The minimum absolute atomic E-state index is 0.158. The number of ether oxygens (including phenoxy) is 1. The van der Waals surface area contributed by atoms with Crippen LogP contribution in [0.1, 0.15) is 31.5 Å². The maximum absolute atomic E-state index is 5.62. The molecule has 0 amide bonds. The van der Waals surface area contributed by atoms with Gasteiger partial charge in [-0.1, -0.05) is 6.92 Å². The highest BCUT2D eigenvalue weighted by molar-refractivity contribution is 5.48. The third-order valence-electron chi connectivity index (χ3n) is 2.57. The number of nitrogens with zero attached hydrogens (tertiary/aromatic N) is 2. The van der Waals surface area contributed by atoms with Crippen LogP contribution in [0.2, 0.25) is 0 Å². The van der Waals surface area contributed by atoms with Crippen LogP contribution in [0.15, 0.2) is 0 Å². The van der Waals surface area contributed by atoms with E-state index in [4.69, 9.17) is 10.5 Å². The molecular weight excluding hydrogens is 216 g/mol. The van der Waals surface area contributed by atoms with E-state index in [0.717, 1.165) is 36.6 Å². The van der Waals surface area contributed by atoms with E-state index < -0.39 is 0 Å². The van der Waals surface area contributed by atoms with Crippen LogP contribution < -0.4 is 11.1 Å². The molecule has 0 aliphatic heterocycles. The summed E-state index contributed by atoms with van der Waals surface area (Å²) in [6, 6.07) is 0. The van der Waals surface area contributed by atoms with Gasteiger partial charge in [-0.3, -0.25) is 0 Å². The van der Waals surface area contributed by atoms with E-state index in [9.17, 15) is 0 Å². The second-order valence-corrected chi connectivity index (χ2v) is 4.20. The maximum atomic E-state index is 5.62. The van der Waals surface area contributed by atoms with Crippen LogP contribution in [0, 0.1) is 13.8 Å². The minimum Gasteiger partial charge on any atom is -0.377 e. The SMILES string of the molecule is CCCOC(C)CNc1nc(N)nc(C)c1C. The highest BCUT2D eigenvalue weighted by Gasteiger charge is 2.07.